The van der Waals surface area contributed by atoms with E-state index in [0.29, 0.717) is 5.76 Å². The largest absolute Gasteiger partial charge is 0.459 e. The molecule has 0 amide bonds. The van der Waals surface area contributed by atoms with Crippen molar-refractivity contribution >= 4 is 19.7 Å². The predicted molar refractivity (Wildman–Crippen MR) is 50.5 cm³/mol. The zero-order valence-electron chi connectivity index (χ0n) is 7.53. The van der Waals surface area contributed by atoms with Crippen molar-refractivity contribution in [2.75, 3.05) is 0 Å². The second-order valence-electron chi connectivity index (χ2n) is 3.70. The van der Waals surface area contributed by atoms with Gasteiger partial charge < -0.3 is 9.95 Å². The fourth-order valence-electron chi connectivity index (χ4n) is 0.882. The highest BCUT2D eigenvalue weighted by Crippen LogP contribution is 2.04. The van der Waals surface area contributed by atoms with Gasteiger partial charge in [-0.05, 0) is 12.1 Å². The molecule has 4 heteroatoms. The van der Waals surface area contributed by atoms with E-state index in [-0.39, 0.29) is 0 Å². The summed E-state index contributed by atoms with van der Waals surface area (Å²) in [6, 6.07) is 3.76. The molecule has 0 saturated heterocycles. The van der Waals surface area contributed by atoms with Crippen LogP contribution in [0.2, 0.25) is 19.6 Å². The topological polar surface area (TPSA) is 49.5 Å². The van der Waals surface area contributed by atoms with Crippen LogP contribution in [-0.2, 0) is 0 Å². The molecule has 0 aliphatic rings. The van der Waals surface area contributed by atoms with Crippen LogP contribution in [0.25, 0.3) is 5.53 Å². The molecule has 0 bridgehead atoms. The zero-order chi connectivity index (χ0) is 9.19. The van der Waals surface area contributed by atoms with Crippen molar-refractivity contribution in [2.24, 2.45) is 0 Å². The van der Waals surface area contributed by atoms with E-state index in [1.165, 1.54) is 6.21 Å². The molecule has 0 aromatic carbocycles. The van der Waals surface area contributed by atoms with Gasteiger partial charge in [0.2, 0.25) is 5.76 Å². The van der Waals surface area contributed by atoms with Crippen molar-refractivity contribution in [3.05, 3.63) is 23.4 Å². The fourth-order valence-corrected chi connectivity index (χ4v) is 1.89. The quantitative estimate of drug-likeness (QED) is 0.294. The van der Waals surface area contributed by atoms with Crippen LogP contribution in [0, 0.1) is 0 Å². The van der Waals surface area contributed by atoms with Gasteiger partial charge in [0.05, 0.1) is 5.38 Å². The van der Waals surface area contributed by atoms with Crippen LogP contribution in [-0.4, -0.2) is 19.1 Å². The summed E-state index contributed by atoms with van der Waals surface area (Å²) in [6.45, 7) is 6.60. The summed E-state index contributed by atoms with van der Waals surface area (Å²) in [5.41, 5.74) is 8.25. The van der Waals surface area contributed by atoms with Gasteiger partial charge in [-0.3, -0.25) is 0 Å². The molecule has 0 aliphatic carbocycles. The molecule has 3 nitrogen and oxygen atoms in total. The standard InChI is InChI=1S/C8H12N2OSi/c1-12(2,3)8-5-4-7(11-8)6-10-9/h4-6H,1-3H3. The smallest absolute Gasteiger partial charge is 0.322 e. The van der Waals surface area contributed by atoms with Crippen molar-refractivity contribution in [2.45, 2.75) is 19.6 Å². The highest BCUT2D eigenvalue weighted by molar-refractivity contribution is 6.87. The van der Waals surface area contributed by atoms with Gasteiger partial charge in [-0.1, -0.05) is 19.6 Å². The van der Waals surface area contributed by atoms with E-state index in [0.717, 1.165) is 5.38 Å². The Bertz CT molecular complexity index is 318. The molecular weight excluding hydrogens is 168 g/mol. The second-order valence-corrected chi connectivity index (χ2v) is 8.69. The van der Waals surface area contributed by atoms with Gasteiger partial charge in [0.15, 0.2) is 0 Å². The molecule has 0 aliphatic heterocycles. The third-order valence-electron chi connectivity index (χ3n) is 1.55. The fraction of sp³-hybridized carbons (Fsp3) is 0.375. The van der Waals surface area contributed by atoms with Gasteiger partial charge in [-0.15, -0.1) is 0 Å². The maximum atomic E-state index is 8.25. The third-order valence-corrected chi connectivity index (χ3v) is 3.30. The Morgan fingerprint density at radius 2 is 2.08 bits per heavy atom. The molecule has 0 spiro atoms. The predicted octanol–water partition coefficient (Wildman–Crippen LogP) is 1.47. The first-order valence-electron chi connectivity index (χ1n) is 3.82. The number of hydrogen-bond acceptors (Lipinski definition) is 1. The summed E-state index contributed by atoms with van der Waals surface area (Å²) >= 11 is 0. The summed E-state index contributed by atoms with van der Waals surface area (Å²) < 4.78 is 5.44. The Morgan fingerprint density at radius 3 is 2.50 bits per heavy atom. The normalized spacial score (nSPS) is 10.9. The van der Waals surface area contributed by atoms with Crippen molar-refractivity contribution in [1.29, 1.82) is 0 Å². The number of furan rings is 1. The summed E-state index contributed by atoms with van der Waals surface area (Å²) in [5.74, 6) is 0.606. The maximum Gasteiger partial charge on any atom is 0.322 e. The van der Waals surface area contributed by atoms with Crippen LogP contribution in [0.3, 0.4) is 0 Å². The molecule has 1 heterocycles. The van der Waals surface area contributed by atoms with Crippen molar-refractivity contribution in [3.8, 4) is 0 Å². The molecule has 0 atom stereocenters. The highest BCUT2D eigenvalue weighted by atomic mass is 28.3. The minimum absolute atomic E-state index is 0.606. The van der Waals surface area contributed by atoms with E-state index < -0.39 is 8.07 Å². The van der Waals surface area contributed by atoms with E-state index in [2.05, 4.69) is 24.4 Å². The average molecular weight is 180 g/mol. The first-order valence-corrected chi connectivity index (χ1v) is 7.32. The molecule has 1 aromatic heterocycles. The molecule has 1 aromatic rings. The van der Waals surface area contributed by atoms with Crippen LogP contribution in [0.5, 0.6) is 0 Å². The molecule has 0 radical (unpaired) electrons. The van der Waals surface area contributed by atoms with Crippen molar-refractivity contribution < 1.29 is 9.21 Å². The lowest BCUT2D eigenvalue weighted by atomic mass is 10.5. The number of nitrogens with zero attached hydrogens (tertiary/aromatic N) is 2. The Morgan fingerprint density at radius 1 is 1.42 bits per heavy atom. The minimum Gasteiger partial charge on any atom is -0.459 e. The molecule has 64 valence electrons. The maximum absolute atomic E-state index is 8.25. The Labute approximate surface area is 72.6 Å². The number of hydrogen-bond donors (Lipinski definition) is 0. The van der Waals surface area contributed by atoms with Gasteiger partial charge in [0.25, 0.3) is 0 Å². The first kappa shape index (κ1) is 8.97. The average Bonchev–Trinajstić information content (AvgIpc) is 2.35. The lowest BCUT2D eigenvalue weighted by Gasteiger charge is -2.10. The summed E-state index contributed by atoms with van der Waals surface area (Å²) in [7, 11) is -1.35. The Kier molecular flexibility index (Phi) is 2.31. The van der Waals surface area contributed by atoms with Gasteiger partial charge in [0.1, 0.15) is 8.07 Å². The highest BCUT2D eigenvalue weighted by Gasteiger charge is 2.20. The van der Waals surface area contributed by atoms with Gasteiger partial charge in [-0.25, -0.2) is 0 Å². The Hall–Kier alpha value is -1.12. The van der Waals surface area contributed by atoms with E-state index in [1.807, 2.05) is 12.1 Å². The third kappa shape index (κ3) is 1.93. The van der Waals surface area contributed by atoms with Crippen LogP contribution < -0.4 is 5.38 Å². The van der Waals surface area contributed by atoms with Crippen LogP contribution >= 0.6 is 0 Å². The van der Waals surface area contributed by atoms with Gasteiger partial charge in [-0.2, -0.15) is 4.79 Å². The molecule has 0 unspecified atom stereocenters. The molecule has 0 N–H and O–H groups in total. The van der Waals surface area contributed by atoms with E-state index in [9.17, 15) is 0 Å². The minimum atomic E-state index is -1.35. The van der Waals surface area contributed by atoms with Crippen LogP contribution in [0.1, 0.15) is 5.76 Å². The SMILES string of the molecule is C[Si](C)(C)c1ccc(C=[N+]=[N-])o1. The zero-order valence-corrected chi connectivity index (χ0v) is 8.53. The van der Waals surface area contributed by atoms with Gasteiger partial charge >= 0.3 is 6.21 Å². The summed E-state index contributed by atoms with van der Waals surface area (Å²) in [5, 5.41) is 1.03. The molecule has 1 rings (SSSR count). The Balaban J connectivity index is 2.99. The van der Waals surface area contributed by atoms with Crippen LogP contribution in [0.15, 0.2) is 16.5 Å². The lowest BCUT2D eigenvalue weighted by molar-refractivity contribution is 0.00314. The molecule has 0 saturated carbocycles. The molecule has 12 heavy (non-hydrogen) atoms. The van der Waals surface area contributed by atoms with Crippen molar-refractivity contribution in [3.63, 3.8) is 0 Å². The van der Waals surface area contributed by atoms with Crippen molar-refractivity contribution in [1.82, 2.24) is 0 Å². The summed E-state index contributed by atoms with van der Waals surface area (Å²) in [6.07, 6.45) is 1.30. The monoisotopic (exact) mass is 180 g/mol. The first-order chi connectivity index (χ1) is 5.54. The summed E-state index contributed by atoms with van der Waals surface area (Å²) in [4.78, 5) is 2.90. The van der Waals surface area contributed by atoms with E-state index in [1.54, 1.807) is 0 Å². The molecule has 0 fully saturated rings. The van der Waals surface area contributed by atoms with E-state index in [4.69, 9.17) is 9.95 Å². The number of rotatable bonds is 2. The lowest BCUT2D eigenvalue weighted by Crippen LogP contribution is -2.36. The van der Waals surface area contributed by atoms with Crippen LogP contribution in [0.4, 0.5) is 0 Å². The molecular formula is C8H12N2OSi. The second kappa shape index (κ2) is 3.09. The van der Waals surface area contributed by atoms with Gasteiger partial charge in [0, 0.05) is 0 Å². The van der Waals surface area contributed by atoms with E-state index >= 15 is 0 Å².